The van der Waals surface area contributed by atoms with Crippen molar-refractivity contribution in [3.8, 4) is 0 Å². The van der Waals surface area contributed by atoms with Crippen LogP contribution in [0.1, 0.15) is 46.4 Å². The van der Waals surface area contributed by atoms with Crippen molar-refractivity contribution >= 4 is 21.8 Å². The molecular weight excluding hydrogens is 342 g/mol. The molecule has 2 amide bonds. The number of fused-ring (bicyclic) bond motifs is 1. The number of piperidine rings is 1. The molecule has 0 aliphatic carbocycles. The summed E-state index contributed by atoms with van der Waals surface area (Å²) in [6, 6.07) is 6.51. The summed E-state index contributed by atoms with van der Waals surface area (Å²) in [5, 5.41) is 0. The van der Waals surface area contributed by atoms with E-state index in [1.807, 2.05) is 0 Å². The Morgan fingerprint density at radius 2 is 1.72 bits per heavy atom. The number of imide groups is 1. The number of amides is 2. The second-order valence-electron chi connectivity index (χ2n) is 6.47. The van der Waals surface area contributed by atoms with Gasteiger partial charge in [-0.1, -0.05) is 18.6 Å². The summed E-state index contributed by atoms with van der Waals surface area (Å²) in [4.78, 5) is 25.7. The zero-order valence-electron chi connectivity index (χ0n) is 14.1. The van der Waals surface area contributed by atoms with Crippen LogP contribution in [0.3, 0.4) is 0 Å². The number of carbonyl (C=O) groups excluding carboxylic acids is 2. The van der Waals surface area contributed by atoms with Crippen LogP contribution in [0.4, 0.5) is 0 Å². The molecular formula is C17H23N3O4S. The van der Waals surface area contributed by atoms with E-state index < -0.39 is 10.0 Å². The van der Waals surface area contributed by atoms with Gasteiger partial charge in [-0.15, -0.1) is 0 Å². The molecule has 136 valence electrons. The lowest BCUT2D eigenvalue weighted by molar-refractivity contribution is 0.0654. The van der Waals surface area contributed by atoms with Gasteiger partial charge in [0.25, 0.3) is 11.8 Å². The number of sulfonamides is 1. The minimum atomic E-state index is -3.43. The molecule has 1 aromatic rings. The van der Waals surface area contributed by atoms with Crippen molar-refractivity contribution in [1.29, 1.82) is 0 Å². The number of hydrogen-bond acceptors (Lipinski definition) is 5. The van der Waals surface area contributed by atoms with E-state index >= 15 is 0 Å². The summed E-state index contributed by atoms with van der Waals surface area (Å²) >= 11 is 0. The van der Waals surface area contributed by atoms with E-state index in [9.17, 15) is 18.0 Å². The SMILES string of the molecule is NCC1CCCCN1S(=O)(=O)CCCN1C(=O)c2ccccc2C1=O. The molecule has 0 radical (unpaired) electrons. The number of nitrogens with two attached hydrogens (primary N) is 1. The van der Waals surface area contributed by atoms with E-state index in [4.69, 9.17) is 5.73 Å². The lowest BCUT2D eigenvalue weighted by atomic mass is 10.1. The fourth-order valence-electron chi connectivity index (χ4n) is 3.54. The molecule has 0 saturated carbocycles. The van der Waals surface area contributed by atoms with Crippen molar-refractivity contribution in [1.82, 2.24) is 9.21 Å². The quantitative estimate of drug-likeness (QED) is 0.752. The van der Waals surface area contributed by atoms with Crippen molar-refractivity contribution in [2.24, 2.45) is 5.73 Å². The lowest BCUT2D eigenvalue weighted by Gasteiger charge is -2.34. The van der Waals surface area contributed by atoms with Crippen LogP contribution in [0.5, 0.6) is 0 Å². The van der Waals surface area contributed by atoms with Gasteiger partial charge in [-0.05, 0) is 31.4 Å². The molecule has 0 bridgehead atoms. The molecule has 1 saturated heterocycles. The first kappa shape index (κ1) is 18.0. The zero-order valence-corrected chi connectivity index (χ0v) is 14.9. The number of nitrogens with zero attached hydrogens (tertiary/aromatic N) is 2. The molecule has 1 unspecified atom stereocenters. The third-order valence-corrected chi connectivity index (χ3v) is 6.86. The standard InChI is InChI=1S/C17H23N3O4S/c18-12-13-6-3-4-10-20(13)25(23,24)11-5-9-19-16(21)14-7-1-2-8-15(14)17(19)22/h1-2,7-8,13H,3-6,9-12,18H2. The Hall–Kier alpha value is -1.77. The largest absolute Gasteiger partial charge is 0.329 e. The van der Waals surface area contributed by atoms with E-state index in [1.54, 1.807) is 24.3 Å². The molecule has 1 aromatic carbocycles. The Bertz CT molecular complexity index is 743. The Labute approximate surface area is 147 Å². The first-order chi connectivity index (χ1) is 12.0. The van der Waals surface area contributed by atoms with Gasteiger partial charge >= 0.3 is 0 Å². The van der Waals surface area contributed by atoms with E-state index in [2.05, 4.69) is 0 Å². The normalized spacial score (nSPS) is 21.6. The fraction of sp³-hybridized carbons (Fsp3) is 0.529. The molecule has 25 heavy (non-hydrogen) atoms. The monoisotopic (exact) mass is 365 g/mol. The molecule has 2 aliphatic rings. The van der Waals surface area contributed by atoms with Gasteiger partial charge in [0, 0.05) is 25.7 Å². The number of carbonyl (C=O) groups is 2. The minimum absolute atomic E-state index is 0.0864. The molecule has 1 atom stereocenters. The van der Waals surface area contributed by atoms with E-state index in [0.717, 1.165) is 24.2 Å². The van der Waals surface area contributed by atoms with Gasteiger partial charge in [0.1, 0.15) is 0 Å². The molecule has 2 N–H and O–H groups in total. The highest BCUT2D eigenvalue weighted by molar-refractivity contribution is 7.89. The highest BCUT2D eigenvalue weighted by Crippen LogP contribution is 2.24. The van der Waals surface area contributed by atoms with Crippen LogP contribution in [0, 0.1) is 0 Å². The van der Waals surface area contributed by atoms with Gasteiger partial charge in [0.15, 0.2) is 0 Å². The van der Waals surface area contributed by atoms with Crippen LogP contribution < -0.4 is 5.73 Å². The molecule has 1 fully saturated rings. The molecule has 8 heteroatoms. The predicted octanol–water partition coefficient (Wildman–Crippen LogP) is 0.816. The van der Waals surface area contributed by atoms with E-state index in [0.29, 0.717) is 24.2 Å². The maximum Gasteiger partial charge on any atom is 0.261 e. The topological polar surface area (TPSA) is 101 Å². The maximum atomic E-state index is 12.6. The summed E-state index contributed by atoms with van der Waals surface area (Å²) in [6.07, 6.45) is 2.84. The fourth-order valence-corrected chi connectivity index (χ4v) is 5.32. The predicted molar refractivity (Wildman–Crippen MR) is 93.6 cm³/mol. The summed E-state index contributed by atoms with van der Waals surface area (Å²) in [7, 11) is -3.43. The van der Waals surface area contributed by atoms with Crippen LogP contribution in [0.2, 0.25) is 0 Å². The third kappa shape index (κ3) is 3.47. The van der Waals surface area contributed by atoms with Gasteiger partial charge in [-0.2, -0.15) is 4.31 Å². The smallest absolute Gasteiger partial charge is 0.261 e. The average Bonchev–Trinajstić information content (AvgIpc) is 2.87. The molecule has 2 heterocycles. The summed E-state index contributed by atoms with van der Waals surface area (Å²) in [6.45, 7) is 0.918. The highest BCUT2D eigenvalue weighted by Gasteiger charge is 2.36. The zero-order chi connectivity index (χ0) is 18.0. The van der Waals surface area contributed by atoms with Crippen LogP contribution in [-0.4, -0.2) is 60.9 Å². The Morgan fingerprint density at radius 3 is 2.32 bits per heavy atom. The summed E-state index contributed by atoms with van der Waals surface area (Å²) in [5.41, 5.74) is 6.47. The summed E-state index contributed by atoms with van der Waals surface area (Å²) in [5.74, 6) is -0.789. The third-order valence-electron chi connectivity index (χ3n) is 4.86. The first-order valence-corrected chi connectivity index (χ1v) is 10.2. The van der Waals surface area contributed by atoms with Crippen molar-refractivity contribution in [3.05, 3.63) is 35.4 Å². The minimum Gasteiger partial charge on any atom is -0.329 e. The number of benzene rings is 1. The first-order valence-electron chi connectivity index (χ1n) is 8.60. The van der Waals surface area contributed by atoms with E-state index in [-0.39, 0.29) is 36.6 Å². The molecule has 3 rings (SSSR count). The lowest BCUT2D eigenvalue weighted by Crippen LogP contribution is -2.48. The average molecular weight is 365 g/mol. The Balaban J connectivity index is 1.61. The van der Waals surface area contributed by atoms with E-state index in [1.165, 1.54) is 4.31 Å². The van der Waals surface area contributed by atoms with Gasteiger partial charge in [-0.25, -0.2) is 8.42 Å². The molecule has 2 aliphatic heterocycles. The van der Waals surface area contributed by atoms with Crippen LogP contribution in [0.25, 0.3) is 0 Å². The van der Waals surface area contributed by atoms with Gasteiger partial charge in [0.2, 0.25) is 10.0 Å². The number of rotatable bonds is 6. The Kier molecular flexibility index (Phi) is 5.21. The van der Waals surface area contributed by atoms with Crippen LogP contribution in [0.15, 0.2) is 24.3 Å². The summed E-state index contributed by atoms with van der Waals surface area (Å²) < 4.78 is 26.7. The van der Waals surface area contributed by atoms with Crippen LogP contribution in [-0.2, 0) is 10.0 Å². The second-order valence-corrected chi connectivity index (χ2v) is 8.51. The highest BCUT2D eigenvalue weighted by atomic mass is 32.2. The maximum absolute atomic E-state index is 12.6. The van der Waals surface area contributed by atoms with Gasteiger partial charge < -0.3 is 5.73 Å². The molecule has 0 aromatic heterocycles. The number of hydrogen-bond donors (Lipinski definition) is 1. The van der Waals surface area contributed by atoms with Crippen molar-refractivity contribution < 1.29 is 18.0 Å². The van der Waals surface area contributed by atoms with Crippen LogP contribution >= 0.6 is 0 Å². The van der Waals surface area contributed by atoms with Crippen molar-refractivity contribution in [2.75, 3.05) is 25.4 Å². The van der Waals surface area contributed by atoms with Crippen molar-refractivity contribution in [2.45, 2.75) is 31.7 Å². The van der Waals surface area contributed by atoms with Gasteiger partial charge in [0.05, 0.1) is 16.9 Å². The molecule has 7 nitrogen and oxygen atoms in total. The Morgan fingerprint density at radius 1 is 1.08 bits per heavy atom. The van der Waals surface area contributed by atoms with Gasteiger partial charge in [-0.3, -0.25) is 14.5 Å². The van der Waals surface area contributed by atoms with Crippen molar-refractivity contribution in [3.63, 3.8) is 0 Å². The molecule has 0 spiro atoms. The second kappa shape index (κ2) is 7.23.